The SMILES string of the molecule is CCOc1ccc(CCC(=O)N[C@@H](C)c2ccccc2OC)cc1OCC. The van der Waals surface area contributed by atoms with Gasteiger partial charge in [-0.2, -0.15) is 0 Å². The minimum atomic E-state index is -0.118. The van der Waals surface area contributed by atoms with Crippen LogP contribution in [0.5, 0.6) is 17.2 Å². The highest BCUT2D eigenvalue weighted by molar-refractivity contribution is 5.76. The molecular formula is C22H29NO4. The second-order valence-corrected chi connectivity index (χ2v) is 6.18. The van der Waals surface area contributed by atoms with Crippen LogP contribution in [0, 0.1) is 0 Å². The van der Waals surface area contributed by atoms with Crippen molar-refractivity contribution in [3.05, 3.63) is 53.6 Å². The number of benzene rings is 2. The van der Waals surface area contributed by atoms with Crippen molar-refractivity contribution in [2.75, 3.05) is 20.3 Å². The van der Waals surface area contributed by atoms with Gasteiger partial charge in [0.15, 0.2) is 11.5 Å². The lowest BCUT2D eigenvalue weighted by atomic mass is 10.1. The fourth-order valence-electron chi connectivity index (χ4n) is 2.92. The smallest absolute Gasteiger partial charge is 0.220 e. The van der Waals surface area contributed by atoms with Gasteiger partial charge in [0.25, 0.3) is 0 Å². The van der Waals surface area contributed by atoms with Crippen molar-refractivity contribution in [3.63, 3.8) is 0 Å². The van der Waals surface area contributed by atoms with Crippen LogP contribution in [-0.2, 0) is 11.2 Å². The number of aryl methyl sites for hydroxylation is 1. The maximum Gasteiger partial charge on any atom is 0.220 e. The van der Waals surface area contributed by atoms with Gasteiger partial charge in [-0.25, -0.2) is 0 Å². The lowest BCUT2D eigenvalue weighted by Gasteiger charge is -2.17. The lowest BCUT2D eigenvalue weighted by Crippen LogP contribution is -2.27. The third-order valence-corrected chi connectivity index (χ3v) is 4.23. The molecule has 0 aliphatic heterocycles. The monoisotopic (exact) mass is 371 g/mol. The van der Waals surface area contributed by atoms with Gasteiger partial charge >= 0.3 is 0 Å². The quantitative estimate of drug-likeness (QED) is 0.676. The van der Waals surface area contributed by atoms with Gasteiger partial charge in [0.1, 0.15) is 5.75 Å². The van der Waals surface area contributed by atoms with Gasteiger partial charge in [-0.15, -0.1) is 0 Å². The highest BCUT2D eigenvalue weighted by atomic mass is 16.5. The Labute approximate surface area is 161 Å². The standard InChI is InChI=1S/C22H29NO4/c1-5-26-20-13-11-17(15-21(20)27-6-2)12-14-22(24)23-16(3)18-9-7-8-10-19(18)25-4/h7-11,13,15-16H,5-6,12,14H2,1-4H3,(H,23,24)/t16-/m0/s1. The van der Waals surface area contributed by atoms with Crippen LogP contribution in [-0.4, -0.2) is 26.2 Å². The van der Waals surface area contributed by atoms with E-state index in [-0.39, 0.29) is 11.9 Å². The van der Waals surface area contributed by atoms with Crippen molar-refractivity contribution in [3.8, 4) is 17.2 Å². The fraction of sp³-hybridized carbons (Fsp3) is 0.409. The summed E-state index contributed by atoms with van der Waals surface area (Å²) < 4.78 is 16.6. The number of hydrogen-bond donors (Lipinski definition) is 1. The summed E-state index contributed by atoms with van der Waals surface area (Å²) in [6.07, 6.45) is 1.04. The molecule has 5 nitrogen and oxygen atoms in total. The van der Waals surface area contributed by atoms with Crippen molar-refractivity contribution < 1.29 is 19.0 Å². The van der Waals surface area contributed by atoms with E-state index in [0.717, 1.165) is 28.4 Å². The number of ether oxygens (including phenoxy) is 3. The van der Waals surface area contributed by atoms with Crippen LogP contribution < -0.4 is 19.5 Å². The van der Waals surface area contributed by atoms with Gasteiger partial charge in [-0.05, 0) is 51.0 Å². The maximum atomic E-state index is 12.4. The van der Waals surface area contributed by atoms with E-state index in [1.54, 1.807) is 7.11 Å². The molecule has 0 spiro atoms. The Kier molecular flexibility index (Phi) is 7.99. The molecule has 2 aromatic carbocycles. The van der Waals surface area contributed by atoms with Crippen LogP contribution in [0.3, 0.4) is 0 Å². The molecule has 0 saturated carbocycles. The maximum absolute atomic E-state index is 12.4. The Balaban J connectivity index is 1.95. The van der Waals surface area contributed by atoms with Gasteiger partial charge in [0, 0.05) is 12.0 Å². The average molecular weight is 371 g/mol. The average Bonchev–Trinajstić information content (AvgIpc) is 2.68. The number of nitrogens with one attached hydrogen (secondary N) is 1. The first kappa shape index (κ1) is 20.6. The molecule has 5 heteroatoms. The number of hydrogen-bond acceptors (Lipinski definition) is 4. The summed E-state index contributed by atoms with van der Waals surface area (Å²) in [5, 5.41) is 3.04. The van der Waals surface area contributed by atoms with E-state index in [1.807, 2.05) is 63.2 Å². The third-order valence-electron chi connectivity index (χ3n) is 4.23. The molecule has 0 radical (unpaired) electrons. The molecule has 0 aromatic heterocycles. The van der Waals surface area contributed by atoms with Crippen LogP contribution >= 0.6 is 0 Å². The number of rotatable bonds is 10. The van der Waals surface area contributed by atoms with Crippen LogP contribution in [0.2, 0.25) is 0 Å². The zero-order valence-electron chi connectivity index (χ0n) is 16.6. The molecule has 0 heterocycles. The van der Waals surface area contributed by atoms with Crippen molar-refractivity contribution in [1.29, 1.82) is 0 Å². The molecule has 1 amide bonds. The summed E-state index contributed by atoms with van der Waals surface area (Å²) in [5.74, 6) is 2.23. The molecule has 0 unspecified atom stereocenters. The van der Waals surface area contributed by atoms with Gasteiger partial charge in [-0.1, -0.05) is 24.3 Å². The predicted octanol–water partition coefficient (Wildman–Crippen LogP) is 4.30. The first-order valence-corrected chi connectivity index (χ1v) is 9.39. The van der Waals surface area contributed by atoms with E-state index in [1.165, 1.54) is 0 Å². The minimum Gasteiger partial charge on any atom is -0.496 e. The molecule has 0 aliphatic rings. The molecule has 2 aromatic rings. The molecule has 1 atom stereocenters. The van der Waals surface area contributed by atoms with E-state index >= 15 is 0 Å². The van der Waals surface area contributed by atoms with Crippen LogP contribution in [0.25, 0.3) is 0 Å². The summed E-state index contributed by atoms with van der Waals surface area (Å²) in [6, 6.07) is 13.4. The number of methoxy groups -OCH3 is 1. The van der Waals surface area contributed by atoms with Gasteiger partial charge < -0.3 is 19.5 Å². The van der Waals surface area contributed by atoms with E-state index in [0.29, 0.717) is 26.1 Å². The number of carbonyl (C=O) groups excluding carboxylic acids is 1. The summed E-state index contributed by atoms with van der Waals surface area (Å²) in [7, 11) is 1.63. The predicted molar refractivity (Wildman–Crippen MR) is 107 cm³/mol. The molecule has 0 aliphatic carbocycles. The first-order chi connectivity index (χ1) is 13.1. The van der Waals surface area contributed by atoms with E-state index in [4.69, 9.17) is 14.2 Å². The largest absolute Gasteiger partial charge is 0.496 e. The number of carbonyl (C=O) groups is 1. The Morgan fingerprint density at radius 3 is 2.41 bits per heavy atom. The molecule has 146 valence electrons. The molecule has 0 fully saturated rings. The van der Waals surface area contributed by atoms with Gasteiger partial charge in [0.05, 0.1) is 26.4 Å². The second kappa shape index (κ2) is 10.5. The Morgan fingerprint density at radius 2 is 1.70 bits per heavy atom. The highest BCUT2D eigenvalue weighted by Gasteiger charge is 2.14. The Morgan fingerprint density at radius 1 is 1.00 bits per heavy atom. The Hall–Kier alpha value is -2.69. The minimum absolute atomic E-state index is 0.000232. The molecular weight excluding hydrogens is 342 g/mol. The van der Waals surface area contributed by atoms with E-state index in [2.05, 4.69) is 5.32 Å². The highest BCUT2D eigenvalue weighted by Crippen LogP contribution is 2.29. The zero-order valence-corrected chi connectivity index (χ0v) is 16.6. The van der Waals surface area contributed by atoms with Crippen molar-refractivity contribution in [1.82, 2.24) is 5.32 Å². The van der Waals surface area contributed by atoms with Gasteiger partial charge in [-0.3, -0.25) is 4.79 Å². The van der Waals surface area contributed by atoms with Crippen LogP contribution in [0.4, 0.5) is 0 Å². The summed E-state index contributed by atoms with van der Waals surface area (Å²) >= 11 is 0. The van der Waals surface area contributed by atoms with Crippen molar-refractivity contribution >= 4 is 5.91 Å². The topological polar surface area (TPSA) is 56.8 Å². The van der Waals surface area contributed by atoms with E-state index in [9.17, 15) is 4.79 Å². The van der Waals surface area contributed by atoms with Crippen LogP contribution in [0.1, 0.15) is 44.4 Å². The fourth-order valence-corrected chi connectivity index (χ4v) is 2.92. The Bertz CT molecular complexity index is 745. The number of amides is 1. The van der Waals surface area contributed by atoms with Crippen molar-refractivity contribution in [2.24, 2.45) is 0 Å². The first-order valence-electron chi connectivity index (χ1n) is 9.39. The molecule has 1 N–H and O–H groups in total. The van der Waals surface area contributed by atoms with E-state index < -0.39 is 0 Å². The second-order valence-electron chi connectivity index (χ2n) is 6.18. The lowest BCUT2D eigenvalue weighted by molar-refractivity contribution is -0.121. The van der Waals surface area contributed by atoms with Gasteiger partial charge in [0.2, 0.25) is 5.91 Å². The molecule has 0 saturated heterocycles. The van der Waals surface area contributed by atoms with Crippen molar-refractivity contribution in [2.45, 2.75) is 39.7 Å². The normalized spacial score (nSPS) is 11.6. The number of para-hydroxylation sites is 1. The molecule has 2 rings (SSSR count). The summed E-state index contributed by atoms with van der Waals surface area (Å²) in [4.78, 5) is 12.4. The zero-order chi connectivity index (χ0) is 19.6. The van der Waals surface area contributed by atoms with Crippen LogP contribution in [0.15, 0.2) is 42.5 Å². The molecule has 0 bridgehead atoms. The summed E-state index contributed by atoms with van der Waals surface area (Å²) in [5.41, 5.74) is 2.01. The summed E-state index contributed by atoms with van der Waals surface area (Å²) in [6.45, 7) is 6.99. The third kappa shape index (κ3) is 5.91. The molecule has 27 heavy (non-hydrogen) atoms.